The molecule has 0 fully saturated rings. The lowest BCUT2D eigenvalue weighted by Gasteiger charge is -2.14. The van der Waals surface area contributed by atoms with Crippen LogP contribution in [0.5, 0.6) is 5.75 Å². The summed E-state index contributed by atoms with van der Waals surface area (Å²) in [6.45, 7) is 1.83. The van der Waals surface area contributed by atoms with Crippen molar-refractivity contribution in [1.29, 1.82) is 0 Å². The van der Waals surface area contributed by atoms with Crippen LogP contribution in [0.1, 0.15) is 24.4 Å². The molecule has 0 radical (unpaired) electrons. The maximum atomic E-state index is 12.4. The quantitative estimate of drug-likeness (QED) is 0.419. The number of carbonyl (C=O) groups is 2. The van der Waals surface area contributed by atoms with Crippen molar-refractivity contribution in [2.24, 2.45) is 7.05 Å². The van der Waals surface area contributed by atoms with Crippen LogP contribution in [0.3, 0.4) is 0 Å². The highest BCUT2D eigenvalue weighted by Crippen LogP contribution is 2.25. The Hall–Kier alpha value is -2.75. The van der Waals surface area contributed by atoms with Crippen LogP contribution < -0.4 is 15.4 Å². The van der Waals surface area contributed by atoms with Crippen LogP contribution in [0.15, 0.2) is 47.6 Å². The molecule has 0 bridgehead atoms. The van der Waals surface area contributed by atoms with E-state index in [1.807, 2.05) is 31.2 Å². The third kappa shape index (κ3) is 6.86. The first kappa shape index (κ1) is 24.9. The molecule has 0 saturated carbocycles. The lowest BCUT2D eigenvalue weighted by atomic mass is 10.1. The van der Waals surface area contributed by atoms with Crippen LogP contribution in [-0.2, 0) is 23.1 Å². The standard InChI is InChI=1S/C22H23Cl2N5O3S/c1-13(25-19(30)10-14-4-7-16(32-3)8-5-14)21-27-28-22(29(21)2)33-12-20(31)26-15-6-9-17(23)18(24)11-15/h4-9,11,13H,10,12H2,1-3H3,(H,25,30)(H,26,31)/t13-/m1/s1. The van der Waals surface area contributed by atoms with E-state index in [9.17, 15) is 9.59 Å². The van der Waals surface area contributed by atoms with Gasteiger partial charge in [-0.1, -0.05) is 47.1 Å². The second-order valence-corrected chi connectivity index (χ2v) is 8.94. The van der Waals surface area contributed by atoms with Gasteiger partial charge in [0.15, 0.2) is 11.0 Å². The molecule has 0 aliphatic carbocycles. The summed E-state index contributed by atoms with van der Waals surface area (Å²) in [6.07, 6.45) is 0.239. The van der Waals surface area contributed by atoms with Crippen LogP contribution in [0.4, 0.5) is 5.69 Å². The van der Waals surface area contributed by atoms with Crippen LogP contribution >= 0.6 is 35.0 Å². The number of halogens is 2. The summed E-state index contributed by atoms with van der Waals surface area (Å²) in [4.78, 5) is 24.7. The molecule has 1 heterocycles. The van der Waals surface area contributed by atoms with Gasteiger partial charge in [0.2, 0.25) is 11.8 Å². The van der Waals surface area contributed by atoms with Gasteiger partial charge in [-0.25, -0.2) is 0 Å². The van der Waals surface area contributed by atoms with E-state index < -0.39 is 0 Å². The Morgan fingerprint density at radius 2 is 1.82 bits per heavy atom. The number of rotatable bonds is 9. The molecule has 33 heavy (non-hydrogen) atoms. The van der Waals surface area contributed by atoms with E-state index >= 15 is 0 Å². The van der Waals surface area contributed by atoms with Crippen molar-refractivity contribution >= 4 is 52.5 Å². The Bertz CT molecular complexity index is 1140. The van der Waals surface area contributed by atoms with E-state index in [-0.39, 0.29) is 30.0 Å². The normalized spacial score (nSPS) is 11.7. The minimum absolute atomic E-state index is 0.129. The Balaban J connectivity index is 1.52. The summed E-state index contributed by atoms with van der Waals surface area (Å²) in [7, 11) is 3.39. The van der Waals surface area contributed by atoms with Gasteiger partial charge in [0.1, 0.15) is 5.75 Å². The average Bonchev–Trinajstić information content (AvgIpc) is 3.15. The predicted octanol–water partition coefficient (Wildman–Crippen LogP) is 4.28. The van der Waals surface area contributed by atoms with Gasteiger partial charge in [0, 0.05) is 12.7 Å². The van der Waals surface area contributed by atoms with E-state index in [2.05, 4.69) is 20.8 Å². The van der Waals surface area contributed by atoms with E-state index in [1.165, 1.54) is 11.8 Å². The number of hydrogen-bond donors (Lipinski definition) is 2. The fourth-order valence-electron chi connectivity index (χ4n) is 3.02. The second-order valence-electron chi connectivity index (χ2n) is 7.18. The fourth-order valence-corrected chi connectivity index (χ4v) is 4.03. The maximum absolute atomic E-state index is 12.4. The minimum atomic E-state index is -0.354. The second kappa shape index (κ2) is 11.4. The van der Waals surface area contributed by atoms with Crippen molar-refractivity contribution < 1.29 is 14.3 Å². The van der Waals surface area contributed by atoms with E-state index in [4.69, 9.17) is 27.9 Å². The zero-order chi connectivity index (χ0) is 24.0. The molecule has 0 spiro atoms. The molecule has 2 amide bonds. The Morgan fingerprint density at radius 3 is 2.48 bits per heavy atom. The number of hydrogen-bond acceptors (Lipinski definition) is 6. The monoisotopic (exact) mass is 507 g/mol. The lowest BCUT2D eigenvalue weighted by molar-refractivity contribution is -0.121. The summed E-state index contributed by atoms with van der Waals surface area (Å²) in [5.74, 6) is 1.10. The van der Waals surface area contributed by atoms with Gasteiger partial charge in [-0.05, 0) is 42.8 Å². The Morgan fingerprint density at radius 1 is 1.09 bits per heavy atom. The van der Waals surface area contributed by atoms with Gasteiger partial charge in [0.05, 0.1) is 35.4 Å². The molecule has 8 nitrogen and oxygen atoms in total. The number of benzene rings is 2. The first-order valence-electron chi connectivity index (χ1n) is 9.96. The minimum Gasteiger partial charge on any atom is -0.497 e. The number of aromatic nitrogens is 3. The molecule has 0 saturated heterocycles. The van der Waals surface area contributed by atoms with Gasteiger partial charge in [0.25, 0.3) is 0 Å². The van der Waals surface area contributed by atoms with Gasteiger partial charge in [-0.3, -0.25) is 9.59 Å². The van der Waals surface area contributed by atoms with Crippen LogP contribution in [0.2, 0.25) is 10.0 Å². The maximum Gasteiger partial charge on any atom is 0.234 e. The molecule has 1 aromatic heterocycles. The van der Waals surface area contributed by atoms with Gasteiger partial charge >= 0.3 is 0 Å². The van der Waals surface area contributed by atoms with Gasteiger partial charge in [-0.15, -0.1) is 10.2 Å². The highest BCUT2D eigenvalue weighted by Gasteiger charge is 2.18. The van der Waals surface area contributed by atoms with Gasteiger partial charge in [-0.2, -0.15) is 0 Å². The van der Waals surface area contributed by atoms with Gasteiger partial charge < -0.3 is 19.9 Å². The average molecular weight is 508 g/mol. The first-order valence-corrected chi connectivity index (χ1v) is 11.7. The molecular formula is C22H23Cl2N5O3S. The largest absolute Gasteiger partial charge is 0.497 e. The molecular weight excluding hydrogens is 485 g/mol. The molecule has 0 aliphatic rings. The van der Waals surface area contributed by atoms with Crippen molar-refractivity contribution in [2.45, 2.75) is 24.5 Å². The molecule has 2 aromatic carbocycles. The molecule has 174 valence electrons. The number of nitrogens with one attached hydrogen (secondary N) is 2. The van der Waals surface area contributed by atoms with E-state index in [1.54, 1.807) is 36.9 Å². The number of amides is 2. The SMILES string of the molecule is COc1ccc(CC(=O)N[C@H](C)c2nnc(SCC(=O)Nc3ccc(Cl)c(Cl)c3)n2C)cc1. The van der Waals surface area contributed by atoms with Crippen molar-refractivity contribution in [1.82, 2.24) is 20.1 Å². The Labute approximate surface area is 206 Å². The third-order valence-electron chi connectivity index (χ3n) is 4.69. The van der Waals surface area contributed by atoms with E-state index in [0.717, 1.165) is 11.3 Å². The highest BCUT2D eigenvalue weighted by molar-refractivity contribution is 7.99. The number of ether oxygens (including phenoxy) is 1. The summed E-state index contributed by atoms with van der Waals surface area (Å²) >= 11 is 13.1. The molecule has 3 aromatic rings. The summed E-state index contributed by atoms with van der Waals surface area (Å²) in [5.41, 5.74) is 1.43. The Kier molecular flexibility index (Phi) is 8.60. The molecule has 0 unspecified atom stereocenters. The molecule has 1 atom stereocenters. The van der Waals surface area contributed by atoms with Crippen molar-refractivity contribution in [2.75, 3.05) is 18.2 Å². The van der Waals surface area contributed by atoms with Crippen LogP contribution in [0.25, 0.3) is 0 Å². The van der Waals surface area contributed by atoms with Crippen LogP contribution in [-0.4, -0.2) is 39.4 Å². The number of nitrogens with zero attached hydrogens (tertiary/aromatic N) is 3. The zero-order valence-electron chi connectivity index (χ0n) is 18.3. The first-order chi connectivity index (χ1) is 15.8. The third-order valence-corrected chi connectivity index (χ3v) is 6.45. The molecule has 3 rings (SSSR count). The van der Waals surface area contributed by atoms with Crippen LogP contribution in [0, 0.1) is 0 Å². The topological polar surface area (TPSA) is 98.1 Å². The van der Waals surface area contributed by atoms with Crippen molar-refractivity contribution in [3.8, 4) is 5.75 Å². The summed E-state index contributed by atoms with van der Waals surface area (Å²) < 4.78 is 6.89. The number of carbonyl (C=O) groups excluding carboxylic acids is 2. The summed E-state index contributed by atoms with van der Waals surface area (Å²) in [6, 6.07) is 11.9. The highest BCUT2D eigenvalue weighted by atomic mass is 35.5. The predicted molar refractivity (Wildman–Crippen MR) is 130 cm³/mol. The smallest absolute Gasteiger partial charge is 0.234 e. The van der Waals surface area contributed by atoms with Crippen molar-refractivity contribution in [3.63, 3.8) is 0 Å². The molecule has 11 heteroatoms. The number of anilines is 1. The fraction of sp³-hybridized carbons (Fsp3) is 0.273. The van der Waals surface area contributed by atoms with E-state index in [0.29, 0.717) is 26.7 Å². The number of methoxy groups -OCH3 is 1. The lowest BCUT2D eigenvalue weighted by Crippen LogP contribution is -2.29. The number of thioether (sulfide) groups is 1. The van der Waals surface area contributed by atoms with Crippen molar-refractivity contribution in [3.05, 3.63) is 63.9 Å². The molecule has 0 aliphatic heterocycles. The molecule has 2 N–H and O–H groups in total. The summed E-state index contributed by atoms with van der Waals surface area (Å²) in [5, 5.41) is 15.4. The zero-order valence-corrected chi connectivity index (χ0v) is 20.6.